The molecule has 1 amide bonds. The number of aromatic nitrogens is 4. The van der Waals surface area contributed by atoms with Crippen molar-refractivity contribution in [2.75, 3.05) is 19.6 Å². The maximum Gasteiger partial charge on any atom is 0.269 e. The summed E-state index contributed by atoms with van der Waals surface area (Å²) in [4.78, 5) is 14.7. The molecule has 0 atom stereocenters. The number of hydrogen-bond acceptors (Lipinski definition) is 4. The van der Waals surface area contributed by atoms with E-state index in [1.54, 1.807) is 11.7 Å². The van der Waals surface area contributed by atoms with Crippen LogP contribution in [0.4, 0.5) is 0 Å². The molecule has 7 heteroatoms. The van der Waals surface area contributed by atoms with Gasteiger partial charge in [-0.3, -0.25) is 14.2 Å². The van der Waals surface area contributed by atoms with Gasteiger partial charge in [-0.25, -0.2) is 0 Å². The summed E-state index contributed by atoms with van der Waals surface area (Å²) in [5.41, 5.74) is 1.50. The van der Waals surface area contributed by atoms with Gasteiger partial charge in [-0.05, 0) is 31.9 Å². The van der Waals surface area contributed by atoms with Gasteiger partial charge in [-0.1, -0.05) is 0 Å². The van der Waals surface area contributed by atoms with E-state index in [0.29, 0.717) is 5.69 Å². The van der Waals surface area contributed by atoms with Gasteiger partial charge < -0.3 is 10.2 Å². The van der Waals surface area contributed by atoms with Gasteiger partial charge in [-0.15, -0.1) is 0 Å². The van der Waals surface area contributed by atoms with E-state index in [1.165, 1.54) is 0 Å². The lowest BCUT2D eigenvalue weighted by molar-refractivity contribution is 0.0900. The number of rotatable bonds is 5. The third kappa shape index (κ3) is 3.98. The summed E-state index contributed by atoms with van der Waals surface area (Å²) in [5, 5.41) is 11.6. The molecule has 0 bridgehead atoms. The molecule has 0 aromatic carbocycles. The Morgan fingerprint density at radius 1 is 1.35 bits per heavy atom. The van der Waals surface area contributed by atoms with Gasteiger partial charge in [0.15, 0.2) is 0 Å². The van der Waals surface area contributed by atoms with E-state index in [9.17, 15) is 4.79 Å². The van der Waals surface area contributed by atoms with Crippen LogP contribution in [0.3, 0.4) is 0 Å². The molecule has 1 N–H and O–H groups in total. The molecule has 0 radical (unpaired) electrons. The van der Waals surface area contributed by atoms with Gasteiger partial charge in [0, 0.05) is 45.1 Å². The Labute approximate surface area is 136 Å². The van der Waals surface area contributed by atoms with Gasteiger partial charge in [0.05, 0.1) is 12.2 Å². The highest BCUT2D eigenvalue weighted by molar-refractivity contribution is 5.92. The zero-order valence-electron chi connectivity index (χ0n) is 13.8. The Bertz CT molecular complexity index is 640. The average molecular weight is 316 g/mol. The number of piperidine rings is 1. The lowest BCUT2D eigenvalue weighted by Crippen LogP contribution is -2.45. The minimum absolute atomic E-state index is 0.0249. The molecule has 0 unspecified atom stereocenters. The second kappa shape index (κ2) is 6.95. The predicted molar refractivity (Wildman–Crippen MR) is 87.1 cm³/mol. The Morgan fingerprint density at radius 2 is 2.13 bits per heavy atom. The molecular weight excluding hydrogens is 292 g/mol. The van der Waals surface area contributed by atoms with Gasteiger partial charge in [0.25, 0.3) is 5.91 Å². The van der Waals surface area contributed by atoms with Crippen LogP contribution in [0.2, 0.25) is 0 Å². The summed E-state index contributed by atoms with van der Waals surface area (Å²) in [6.45, 7) is 5.84. The smallest absolute Gasteiger partial charge is 0.269 e. The lowest BCUT2D eigenvalue weighted by Gasteiger charge is -2.32. The molecular formula is C16H24N6O. The highest BCUT2D eigenvalue weighted by atomic mass is 16.2. The summed E-state index contributed by atoms with van der Waals surface area (Å²) in [6, 6.07) is 4.02. The molecule has 2 aromatic heterocycles. The fourth-order valence-corrected chi connectivity index (χ4v) is 3.06. The van der Waals surface area contributed by atoms with Crippen molar-refractivity contribution in [2.45, 2.75) is 32.4 Å². The quantitative estimate of drug-likeness (QED) is 0.887. The number of carbonyl (C=O) groups excluding carboxylic acids is 1. The van der Waals surface area contributed by atoms with Crippen molar-refractivity contribution in [3.05, 3.63) is 35.9 Å². The monoisotopic (exact) mass is 316 g/mol. The highest BCUT2D eigenvalue weighted by Gasteiger charge is 2.22. The SMILES string of the molecule is Cc1cc(C(=O)NC2CCN(CCn3cccn3)CC2)n(C)n1. The largest absolute Gasteiger partial charge is 0.348 e. The van der Waals surface area contributed by atoms with Crippen molar-refractivity contribution in [1.29, 1.82) is 0 Å². The van der Waals surface area contributed by atoms with Crippen LogP contribution in [-0.2, 0) is 13.6 Å². The van der Waals surface area contributed by atoms with E-state index in [1.807, 2.05) is 36.1 Å². The van der Waals surface area contributed by atoms with Crippen LogP contribution in [-0.4, -0.2) is 56.0 Å². The Balaban J connectivity index is 1.44. The van der Waals surface area contributed by atoms with Crippen molar-refractivity contribution < 1.29 is 4.79 Å². The van der Waals surface area contributed by atoms with Crippen LogP contribution >= 0.6 is 0 Å². The maximum absolute atomic E-state index is 12.3. The molecule has 0 spiro atoms. The second-order valence-corrected chi connectivity index (χ2v) is 6.15. The van der Waals surface area contributed by atoms with Crippen molar-refractivity contribution in [2.24, 2.45) is 7.05 Å². The highest BCUT2D eigenvalue weighted by Crippen LogP contribution is 2.11. The Morgan fingerprint density at radius 3 is 2.74 bits per heavy atom. The van der Waals surface area contributed by atoms with Crippen molar-refractivity contribution in [3.8, 4) is 0 Å². The molecule has 0 saturated carbocycles. The van der Waals surface area contributed by atoms with Crippen LogP contribution < -0.4 is 5.32 Å². The number of carbonyl (C=O) groups is 1. The molecule has 0 aliphatic carbocycles. The number of aryl methyl sites for hydroxylation is 2. The second-order valence-electron chi connectivity index (χ2n) is 6.15. The standard InChI is InChI=1S/C16H24N6O/c1-13-12-15(20(2)19-13)16(23)18-14-4-8-21(9-5-14)10-11-22-7-3-6-17-22/h3,6-7,12,14H,4-5,8-11H2,1-2H3,(H,18,23). The zero-order chi connectivity index (χ0) is 16.2. The molecule has 3 heterocycles. The van der Waals surface area contributed by atoms with E-state index in [4.69, 9.17) is 0 Å². The molecule has 1 fully saturated rings. The summed E-state index contributed by atoms with van der Waals surface area (Å²) >= 11 is 0. The van der Waals surface area contributed by atoms with Crippen molar-refractivity contribution >= 4 is 5.91 Å². The van der Waals surface area contributed by atoms with Gasteiger partial charge in [0.1, 0.15) is 5.69 Å². The maximum atomic E-state index is 12.3. The molecule has 1 saturated heterocycles. The summed E-state index contributed by atoms with van der Waals surface area (Å²) in [6.07, 6.45) is 5.77. The van der Waals surface area contributed by atoms with Crippen LogP contribution in [0, 0.1) is 6.92 Å². The minimum atomic E-state index is -0.0249. The molecule has 23 heavy (non-hydrogen) atoms. The third-order valence-corrected chi connectivity index (χ3v) is 4.36. The van der Waals surface area contributed by atoms with Gasteiger partial charge in [-0.2, -0.15) is 10.2 Å². The molecule has 1 aliphatic heterocycles. The first-order valence-electron chi connectivity index (χ1n) is 8.13. The Hall–Kier alpha value is -2.15. The normalized spacial score (nSPS) is 16.6. The molecule has 2 aromatic rings. The van der Waals surface area contributed by atoms with E-state index in [2.05, 4.69) is 20.4 Å². The zero-order valence-corrected chi connectivity index (χ0v) is 13.8. The minimum Gasteiger partial charge on any atom is -0.348 e. The van der Waals surface area contributed by atoms with Gasteiger partial charge >= 0.3 is 0 Å². The van der Waals surface area contributed by atoms with E-state index in [-0.39, 0.29) is 11.9 Å². The van der Waals surface area contributed by atoms with Crippen LogP contribution in [0.5, 0.6) is 0 Å². The van der Waals surface area contributed by atoms with Crippen LogP contribution in [0.15, 0.2) is 24.5 Å². The third-order valence-electron chi connectivity index (χ3n) is 4.36. The average Bonchev–Trinajstić information content (AvgIpc) is 3.16. The number of nitrogens with zero attached hydrogens (tertiary/aromatic N) is 5. The molecule has 1 aliphatic rings. The summed E-state index contributed by atoms with van der Waals surface area (Å²) < 4.78 is 3.60. The number of likely N-dealkylation sites (tertiary alicyclic amines) is 1. The Kier molecular flexibility index (Phi) is 4.76. The molecule has 3 rings (SSSR count). The van der Waals surface area contributed by atoms with Crippen LogP contribution in [0.1, 0.15) is 29.0 Å². The number of nitrogens with one attached hydrogen (secondary N) is 1. The summed E-state index contributed by atoms with van der Waals surface area (Å²) in [7, 11) is 1.81. The van der Waals surface area contributed by atoms with Crippen molar-refractivity contribution in [3.63, 3.8) is 0 Å². The first-order valence-corrected chi connectivity index (χ1v) is 8.13. The fraction of sp³-hybridized carbons (Fsp3) is 0.562. The van der Waals surface area contributed by atoms with Crippen molar-refractivity contribution in [1.82, 2.24) is 29.8 Å². The first-order chi connectivity index (χ1) is 11.1. The fourth-order valence-electron chi connectivity index (χ4n) is 3.06. The van der Waals surface area contributed by atoms with E-state index < -0.39 is 0 Å². The predicted octanol–water partition coefficient (Wildman–Crippen LogP) is 0.819. The summed E-state index contributed by atoms with van der Waals surface area (Å²) in [5.74, 6) is -0.0249. The number of hydrogen-bond donors (Lipinski definition) is 1. The van der Waals surface area contributed by atoms with Crippen LogP contribution in [0.25, 0.3) is 0 Å². The molecule has 7 nitrogen and oxygen atoms in total. The first kappa shape index (κ1) is 15.7. The lowest BCUT2D eigenvalue weighted by atomic mass is 10.0. The number of amides is 1. The van der Waals surface area contributed by atoms with E-state index in [0.717, 1.165) is 44.7 Å². The van der Waals surface area contributed by atoms with E-state index >= 15 is 0 Å². The molecule has 124 valence electrons. The topological polar surface area (TPSA) is 68.0 Å². The van der Waals surface area contributed by atoms with Gasteiger partial charge in [0.2, 0.25) is 0 Å².